The van der Waals surface area contributed by atoms with Crippen molar-refractivity contribution in [3.8, 4) is 5.75 Å². The number of carboxylic acid groups (broad SMARTS) is 1. The summed E-state index contributed by atoms with van der Waals surface area (Å²) in [6.45, 7) is 0. The Labute approximate surface area is 147 Å². The Morgan fingerprint density at radius 1 is 1.00 bits per heavy atom. The van der Waals surface area contributed by atoms with Gasteiger partial charge in [0.05, 0.1) is 5.56 Å². The van der Waals surface area contributed by atoms with Crippen LogP contribution in [-0.2, 0) is 0 Å². The molecule has 21 heavy (non-hydrogen) atoms. The van der Waals surface area contributed by atoms with Gasteiger partial charge in [-0.1, -0.05) is 0 Å². The standard InChI is InChI=1S/C14H9I2NO4/c15-7-1-3-11(16)9(5-7)13(19)17-8-2-4-12(18)10(6-8)14(20)21/h1-6,18H,(H,17,19)(H,20,21). The quantitative estimate of drug-likeness (QED) is 0.437. The van der Waals surface area contributed by atoms with Crippen LogP contribution >= 0.6 is 45.2 Å². The lowest BCUT2D eigenvalue weighted by Gasteiger charge is -2.09. The van der Waals surface area contributed by atoms with E-state index >= 15 is 0 Å². The average Bonchev–Trinajstić information content (AvgIpc) is 2.43. The summed E-state index contributed by atoms with van der Waals surface area (Å²) in [6.07, 6.45) is 0. The lowest BCUT2D eigenvalue weighted by Crippen LogP contribution is -2.14. The molecule has 0 aromatic heterocycles. The third kappa shape index (κ3) is 3.84. The van der Waals surface area contributed by atoms with Crippen molar-refractivity contribution < 1.29 is 19.8 Å². The highest BCUT2D eigenvalue weighted by atomic mass is 127. The SMILES string of the molecule is O=C(O)c1cc(NC(=O)c2cc(I)ccc2I)ccc1O. The van der Waals surface area contributed by atoms with Crippen LogP contribution in [0.4, 0.5) is 5.69 Å². The van der Waals surface area contributed by atoms with Gasteiger partial charge in [-0.3, -0.25) is 4.79 Å². The molecule has 0 aliphatic heterocycles. The summed E-state index contributed by atoms with van der Waals surface area (Å²) in [6, 6.07) is 9.37. The molecule has 2 aromatic rings. The number of anilines is 1. The summed E-state index contributed by atoms with van der Waals surface area (Å²) >= 11 is 4.17. The fraction of sp³-hybridized carbons (Fsp3) is 0. The molecule has 0 fully saturated rings. The number of aromatic carboxylic acids is 1. The van der Waals surface area contributed by atoms with Gasteiger partial charge in [-0.15, -0.1) is 0 Å². The van der Waals surface area contributed by atoms with Crippen LogP contribution in [0.15, 0.2) is 36.4 Å². The molecule has 108 valence electrons. The second-order valence-electron chi connectivity index (χ2n) is 4.12. The van der Waals surface area contributed by atoms with Crippen molar-refractivity contribution in [3.63, 3.8) is 0 Å². The Balaban J connectivity index is 2.29. The van der Waals surface area contributed by atoms with Crippen molar-refractivity contribution in [3.05, 3.63) is 54.7 Å². The van der Waals surface area contributed by atoms with Crippen molar-refractivity contribution in [1.29, 1.82) is 0 Å². The summed E-state index contributed by atoms with van der Waals surface area (Å²) in [7, 11) is 0. The van der Waals surface area contributed by atoms with Crippen LogP contribution in [-0.4, -0.2) is 22.1 Å². The third-order valence-corrected chi connectivity index (χ3v) is 4.27. The highest BCUT2D eigenvalue weighted by Gasteiger charge is 2.14. The van der Waals surface area contributed by atoms with E-state index in [9.17, 15) is 14.7 Å². The molecule has 0 unspecified atom stereocenters. The van der Waals surface area contributed by atoms with Crippen LogP contribution < -0.4 is 5.32 Å². The molecule has 7 heteroatoms. The van der Waals surface area contributed by atoms with E-state index in [1.54, 1.807) is 6.07 Å². The smallest absolute Gasteiger partial charge is 0.339 e. The van der Waals surface area contributed by atoms with Gasteiger partial charge < -0.3 is 15.5 Å². The minimum atomic E-state index is -1.26. The van der Waals surface area contributed by atoms with E-state index in [1.807, 2.05) is 12.1 Å². The van der Waals surface area contributed by atoms with E-state index in [1.165, 1.54) is 18.2 Å². The molecule has 0 bridgehead atoms. The first kappa shape index (κ1) is 16.0. The molecule has 2 rings (SSSR count). The molecule has 0 aliphatic rings. The zero-order valence-corrected chi connectivity index (χ0v) is 14.7. The lowest BCUT2D eigenvalue weighted by atomic mass is 10.1. The highest BCUT2D eigenvalue weighted by molar-refractivity contribution is 14.1. The molecule has 0 radical (unpaired) electrons. The molecule has 0 spiro atoms. The molecule has 5 nitrogen and oxygen atoms in total. The van der Waals surface area contributed by atoms with Gasteiger partial charge in [-0.25, -0.2) is 4.79 Å². The van der Waals surface area contributed by atoms with Gasteiger partial charge in [0.25, 0.3) is 5.91 Å². The normalized spacial score (nSPS) is 10.2. The Morgan fingerprint density at radius 3 is 2.38 bits per heavy atom. The average molecular weight is 509 g/mol. The van der Waals surface area contributed by atoms with E-state index in [-0.39, 0.29) is 17.2 Å². The molecule has 0 saturated carbocycles. The first-order valence-electron chi connectivity index (χ1n) is 5.71. The fourth-order valence-corrected chi connectivity index (χ4v) is 2.73. The number of rotatable bonds is 3. The van der Waals surface area contributed by atoms with Crippen LogP contribution in [0.5, 0.6) is 5.75 Å². The Bertz CT molecular complexity index is 731. The summed E-state index contributed by atoms with van der Waals surface area (Å²) in [5.74, 6) is -1.93. The van der Waals surface area contributed by atoms with Gasteiger partial charge in [0.15, 0.2) is 0 Å². The van der Waals surface area contributed by atoms with Gasteiger partial charge >= 0.3 is 5.97 Å². The van der Waals surface area contributed by atoms with Crippen LogP contribution in [0, 0.1) is 7.14 Å². The van der Waals surface area contributed by atoms with Crippen molar-refractivity contribution in [2.45, 2.75) is 0 Å². The van der Waals surface area contributed by atoms with Gasteiger partial charge in [0, 0.05) is 12.8 Å². The van der Waals surface area contributed by atoms with Crippen molar-refractivity contribution in [1.82, 2.24) is 0 Å². The predicted molar refractivity (Wildman–Crippen MR) is 94.9 cm³/mol. The molecule has 0 atom stereocenters. The third-order valence-electron chi connectivity index (χ3n) is 2.66. The number of nitrogens with one attached hydrogen (secondary N) is 1. The molecule has 1 amide bonds. The van der Waals surface area contributed by atoms with Gasteiger partial charge in [-0.2, -0.15) is 0 Å². The molecule has 2 aromatic carbocycles. The van der Waals surface area contributed by atoms with Gasteiger partial charge in [0.2, 0.25) is 0 Å². The first-order valence-corrected chi connectivity index (χ1v) is 7.87. The molecule has 0 aliphatic carbocycles. The monoisotopic (exact) mass is 509 g/mol. The van der Waals surface area contributed by atoms with Crippen molar-refractivity contribution >= 4 is 62.7 Å². The Morgan fingerprint density at radius 2 is 1.71 bits per heavy atom. The molecule has 0 saturated heterocycles. The summed E-state index contributed by atoms with van der Waals surface area (Å²) < 4.78 is 1.72. The fourth-order valence-electron chi connectivity index (χ4n) is 1.66. The Hall–Kier alpha value is -1.36. The van der Waals surface area contributed by atoms with E-state index < -0.39 is 5.97 Å². The topological polar surface area (TPSA) is 86.6 Å². The maximum atomic E-state index is 12.2. The maximum Gasteiger partial charge on any atom is 0.339 e. The van der Waals surface area contributed by atoms with E-state index in [2.05, 4.69) is 50.5 Å². The predicted octanol–water partition coefficient (Wildman–Crippen LogP) is 3.55. The second-order valence-corrected chi connectivity index (χ2v) is 6.52. The zero-order chi connectivity index (χ0) is 15.6. The minimum absolute atomic E-state index is 0.259. The van der Waals surface area contributed by atoms with Crippen LogP contribution in [0.2, 0.25) is 0 Å². The van der Waals surface area contributed by atoms with Crippen LogP contribution in [0.25, 0.3) is 0 Å². The second kappa shape index (κ2) is 6.60. The van der Waals surface area contributed by atoms with Crippen molar-refractivity contribution in [2.24, 2.45) is 0 Å². The number of carbonyl (C=O) groups is 2. The largest absolute Gasteiger partial charge is 0.507 e. The number of halogens is 2. The Kier molecular flexibility index (Phi) is 5.04. The number of phenols is 1. The van der Waals surface area contributed by atoms with Crippen LogP contribution in [0.1, 0.15) is 20.7 Å². The maximum absolute atomic E-state index is 12.2. The first-order chi connectivity index (χ1) is 9.88. The van der Waals surface area contributed by atoms with Gasteiger partial charge in [-0.05, 0) is 81.6 Å². The summed E-state index contributed by atoms with van der Waals surface area (Å²) in [5.41, 5.74) is 0.558. The number of amides is 1. The molecular weight excluding hydrogens is 500 g/mol. The van der Waals surface area contributed by atoms with E-state index in [0.29, 0.717) is 11.3 Å². The number of hydrogen-bond acceptors (Lipinski definition) is 3. The number of hydrogen-bond donors (Lipinski definition) is 3. The lowest BCUT2D eigenvalue weighted by molar-refractivity contribution is 0.0693. The number of benzene rings is 2. The van der Waals surface area contributed by atoms with E-state index in [0.717, 1.165) is 7.14 Å². The highest BCUT2D eigenvalue weighted by Crippen LogP contribution is 2.23. The molecule has 3 N–H and O–H groups in total. The zero-order valence-electron chi connectivity index (χ0n) is 10.4. The molecule has 0 heterocycles. The number of carbonyl (C=O) groups excluding carboxylic acids is 1. The summed E-state index contributed by atoms with van der Waals surface area (Å²) in [5, 5.41) is 21.0. The molecular formula is C14H9I2NO4. The van der Waals surface area contributed by atoms with Gasteiger partial charge in [0.1, 0.15) is 11.3 Å². The minimum Gasteiger partial charge on any atom is -0.507 e. The van der Waals surface area contributed by atoms with Crippen molar-refractivity contribution in [2.75, 3.05) is 5.32 Å². The van der Waals surface area contributed by atoms with Crippen LogP contribution in [0.3, 0.4) is 0 Å². The van der Waals surface area contributed by atoms with E-state index in [4.69, 9.17) is 5.11 Å². The number of carboxylic acids is 1. The summed E-state index contributed by atoms with van der Waals surface area (Å²) in [4.78, 5) is 23.2. The number of aromatic hydroxyl groups is 1.